The molecule has 2 rings (SSSR count). The fraction of sp³-hybridized carbons (Fsp3) is 0.0714. The molecule has 0 aliphatic heterocycles. The Kier molecular flexibility index (Phi) is 4.51. The van der Waals surface area contributed by atoms with Crippen LogP contribution >= 0.6 is 0 Å². The number of H-pyrrole nitrogens is 1. The van der Waals surface area contributed by atoms with Crippen LogP contribution in [-0.4, -0.2) is 44.3 Å². The second-order valence-electron chi connectivity index (χ2n) is 4.90. The molecule has 12 heteroatoms. The van der Waals surface area contributed by atoms with Crippen molar-refractivity contribution in [3.8, 4) is 22.6 Å². The predicted molar refractivity (Wildman–Crippen MR) is 85.7 cm³/mol. The van der Waals surface area contributed by atoms with Crippen molar-refractivity contribution < 1.29 is 34.6 Å². The van der Waals surface area contributed by atoms with Crippen molar-refractivity contribution in [3.05, 3.63) is 43.7 Å². The molecule has 1 aromatic heterocycles. The molecule has 0 radical (unpaired) electrons. The molecule has 0 saturated heterocycles. The van der Waals surface area contributed by atoms with Crippen LogP contribution in [0.5, 0.6) is 11.5 Å². The standard InChI is InChI=1S/C14H11N3O9/c1-26-4-2-5(10(18)6(3-4)17(24)25)7-8(13(20)21)11(15)16-12(19)9(7)14(22)23/h2-3,18H,1H3,(H,20,21)(H,22,23)(H3,15,16,19). The second kappa shape index (κ2) is 6.43. The number of rotatable bonds is 5. The molecule has 0 saturated carbocycles. The van der Waals surface area contributed by atoms with E-state index in [-0.39, 0.29) is 5.75 Å². The quantitative estimate of drug-likeness (QED) is 0.369. The average molecular weight is 365 g/mol. The molecule has 0 fully saturated rings. The molecule has 0 amide bonds. The van der Waals surface area contributed by atoms with Crippen LogP contribution < -0.4 is 16.0 Å². The molecule has 12 nitrogen and oxygen atoms in total. The van der Waals surface area contributed by atoms with Gasteiger partial charge in [-0.3, -0.25) is 14.9 Å². The number of nitrogens with zero attached hydrogens (tertiary/aromatic N) is 1. The number of benzene rings is 1. The average Bonchev–Trinajstić information content (AvgIpc) is 2.53. The van der Waals surface area contributed by atoms with Gasteiger partial charge in [0, 0.05) is 11.1 Å². The van der Waals surface area contributed by atoms with Crippen molar-refractivity contribution in [2.45, 2.75) is 0 Å². The van der Waals surface area contributed by atoms with E-state index in [0.717, 1.165) is 19.2 Å². The molecule has 0 aliphatic carbocycles. The number of nitrogens with one attached hydrogen (secondary N) is 1. The molecule has 0 bridgehead atoms. The summed E-state index contributed by atoms with van der Waals surface area (Å²) in [6.45, 7) is 0. The number of carbonyl (C=O) groups is 2. The van der Waals surface area contributed by atoms with Crippen LogP contribution in [0.2, 0.25) is 0 Å². The van der Waals surface area contributed by atoms with Gasteiger partial charge in [-0.15, -0.1) is 0 Å². The number of nitrogens with two attached hydrogens (primary N) is 1. The van der Waals surface area contributed by atoms with Crippen molar-refractivity contribution >= 4 is 23.4 Å². The van der Waals surface area contributed by atoms with E-state index in [1.807, 2.05) is 4.98 Å². The fourth-order valence-corrected chi connectivity index (χ4v) is 2.36. The maximum Gasteiger partial charge on any atom is 0.342 e. The maximum atomic E-state index is 12.0. The van der Waals surface area contributed by atoms with Crippen LogP contribution in [0.4, 0.5) is 11.5 Å². The van der Waals surface area contributed by atoms with Gasteiger partial charge in [0.05, 0.1) is 18.1 Å². The lowest BCUT2D eigenvalue weighted by Crippen LogP contribution is -2.24. The summed E-state index contributed by atoms with van der Waals surface area (Å²) in [6, 6.07) is 1.80. The van der Waals surface area contributed by atoms with Gasteiger partial charge in [0.15, 0.2) is 0 Å². The highest BCUT2D eigenvalue weighted by Crippen LogP contribution is 2.43. The minimum atomic E-state index is -1.83. The van der Waals surface area contributed by atoms with Crippen molar-refractivity contribution in [3.63, 3.8) is 0 Å². The first-order valence-electron chi connectivity index (χ1n) is 6.68. The van der Waals surface area contributed by atoms with Gasteiger partial charge >= 0.3 is 17.6 Å². The molecule has 2 aromatic rings. The lowest BCUT2D eigenvalue weighted by molar-refractivity contribution is -0.385. The maximum absolute atomic E-state index is 12.0. The Bertz CT molecular complexity index is 1010. The lowest BCUT2D eigenvalue weighted by Gasteiger charge is -2.14. The Balaban J connectivity index is 3.12. The van der Waals surface area contributed by atoms with E-state index in [1.165, 1.54) is 0 Å². The first kappa shape index (κ1) is 18.3. The molecule has 1 heterocycles. The summed E-state index contributed by atoms with van der Waals surface area (Å²) in [6.07, 6.45) is 0. The highest BCUT2D eigenvalue weighted by Gasteiger charge is 2.31. The van der Waals surface area contributed by atoms with Crippen LogP contribution in [0.25, 0.3) is 11.1 Å². The van der Waals surface area contributed by atoms with E-state index in [4.69, 9.17) is 10.5 Å². The number of nitro benzene ring substituents is 1. The number of phenolic OH excluding ortho intramolecular Hbond substituents is 1. The number of anilines is 1. The summed E-state index contributed by atoms with van der Waals surface area (Å²) in [4.78, 5) is 47.0. The monoisotopic (exact) mass is 365 g/mol. The van der Waals surface area contributed by atoms with Crippen LogP contribution in [0, 0.1) is 10.1 Å². The molecule has 6 N–H and O–H groups in total. The number of aromatic amines is 1. The lowest BCUT2D eigenvalue weighted by atomic mass is 9.94. The summed E-state index contributed by atoms with van der Waals surface area (Å²) in [5.41, 5.74) is 0.0362. The van der Waals surface area contributed by atoms with Gasteiger partial charge < -0.3 is 30.8 Å². The molecule has 0 atom stereocenters. The molecule has 136 valence electrons. The van der Waals surface area contributed by atoms with E-state index in [1.54, 1.807) is 0 Å². The van der Waals surface area contributed by atoms with Crippen LogP contribution in [0.3, 0.4) is 0 Å². The van der Waals surface area contributed by atoms with E-state index in [0.29, 0.717) is 0 Å². The number of carboxylic acids is 2. The van der Waals surface area contributed by atoms with Crippen molar-refractivity contribution in [2.24, 2.45) is 0 Å². The van der Waals surface area contributed by atoms with Gasteiger partial charge in [-0.05, 0) is 6.07 Å². The zero-order valence-electron chi connectivity index (χ0n) is 13.0. The Morgan fingerprint density at radius 1 is 1.23 bits per heavy atom. The Hall–Kier alpha value is -4.09. The normalized spacial score (nSPS) is 10.3. The van der Waals surface area contributed by atoms with E-state index < -0.39 is 61.9 Å². The molecule has 26 heavy (non-hydrogen) atoms. The number of nitrogen functional groups attached to an aromatic ring is 1. The zero-order valence-corrected chi connectivity index (χ0v) is 13.0. The number of ether oxygens (including phenoxy) is 1. The van der Waals surface area contributed by atoms with E-state index in [2.05, 4.69) is 0 Å². The first-order chi connectivity index (χ1) is 12.1. The molecule has 0 unspecified atom stereocenters. The summed E-state index contributed by atoms with van der Waals surface area (Å²) >= 11 is 0. The first-order valence-corrected chi connectivity index (χ1v) is 6.68. The number of carboxylic acid groups (broad SMARTS) is 2. The number of aromatic hydroxyl groups is 1. The largest absolute Gasteiger partial charge is 0.502 e. The van der Waals surface area contributed by atoms with Crippen molar-refractivity contribution in [1.29, 1.82) is 0 Å². The summed E-state index contributed by atoms with van der Waals surface area (Å²) in [5, 5.41) is 40.0. The highest BCUT2D eigenvalue weighted by atomic mass is 16.6. The number of aromatic nitrogens is 1. The molecular formula is C14H11N3O9. The third kappa shape index (κ3) is 2.86. The van der Waals surface area contributed by atoms with Crippen molar-refractivity contribution in [2.75, 3.05) is 12.8 Å². The smallest absolute Gasteiger partial charge is 0.342 e. The number of methoxy groups -OCH3 is 1. The fourth-order valence-electron chi connectivity index (χ4n) is 2.36. The Labute approximate surface area is 143 Å². The number of nitro groups is 1. The van der Waals surface area contributed by atoms with Gasteiger partial charge in [-0.1, -0.05) is 0 Å². The predicted octanol–water partition coefficient (Wildman–Crippen LogP) is 0.643. The summed E-state index contributed by atoms with van der Waals surface area (Å²) in [5.74, 6) is -5.47. The Morgan fingerprint density at radius 3 is 2.27 bits per heavy atom. The topological polar surface area (TPSA) is 206 Å². The van der Waals surface area contributed by atoms with Crippen LogP contribution in [-0.2, 0) is 0 Å². The van der Waals surface area contributed by atoms with E-state index >= 15 is 0 Å². The Morgan fingerprint density at radius 2 is 1.81 bits per heavy atom. The number of pyridine rings is 1. The van der Waals surface area contributed by atoms with Gasteiger partial charge in [-0.25, -0.2) is 9.59 Å². The highest BCUT2D eigenvalue weighted by molar-refractivity contribution is 6.08. The SMILES string of the molecule is COc1cc(-c2c(C(=O)O)c(N)[nH]c(=O)c2C(=O)O)c(O)c([N+](=O)[O-])c1. The van der Waals surface area contributed by atoms with Crippen molar-refractivity contribution in [1.82, 2.24) is 4.98 Å². The minimum absolute atomic E-state index is 0.184. The minimum Gasteiger partial charge on any atom is -0.502 e. The molecule has 0 aliphatic rings. The van der Waals surface area contributed by atoms with Gasteiger partial charge in [0.1, 0.15) is 22.7 Å². The number of phenols is 1. The number of hydrogen-bond donors (Lipinski definition) is 5. The molecular weight excluding hydrogens is 354 g/mol. The third-order valence-corrected chi connectivity index (χ3v) is 3.44. The molecule has 1 aromatic carbocycles. The summed E-state index contributed by atoms with van der Waals surface area (Å²) in [7, 11) is 1.14. The van der Waals surface area contributed by atoms with Crippen LogP contribution in [0.1, 0.15) is 20.7 Å². The van der Waals surface area contributed by atoms with Gasteiger partial charge in [0.25, 0.3) is 5.56 Å². The third-order valence-electron chi connectivity index (χ3n) is 3.44. The zero-order chi connectivity index (χ0) is 19.8. The van der Waals surface area contributed by atoms with Gasteiger partial charge in [0.2, 0.25) is 5.75 Å². The number of hydrogen-bond acceptors (Lipinski definition) is 8. The van der Waals surface area contributed by atoms with E-state index in [9.17, 15) is 39.8 Å². The second-order valence-corrected chi connectivity index (χ2v) is 4.90. The summed E-state index contributed by atoms with van der Waals surface area (Å²) < 4.78 is 4.86. The number of aromatic carboxylic acids is 2. The molecule has 0 spiro atoms. The van der Waals surface area contributed by atoms with Gasteiger partial charge in [-0.2, -0.15) is 0 Å². The van der Waals surface area contributed by atoms with Crippen LogP contribution in [0.15, 0.2) is 16.9 Å².